The first kappa shape index (κ1) is 19.5. The molecule has 154 valence electrons. The maximum absolute atomic E-state index is 14.0. The molecule has 2 aliphatic rings. The second-order valence-electron chi connectivity index (χ2n) is 7.61. The van der Waals surface area contributed by atoms with Crippen molar-refractivity contribution in [2.45, 2.75) is 64.0 Å². The minimum atomic E-state index is -0.885. The number of nitrogens with zero attached hydrogens (tertiary/aromatic N) is 3. The molecule has 2 aliphatic heterocycles. The SMILES string of the molecule is CCC[C@@H]1CCCc2nc(C(=O)N[C@H]3CCc4cc(F)cc(F)c4NC3=O)nn21. The molecular weight excluding hydrogens is 380 g/mol. The molecule has 0 fully saturated rings. The summed E-state index contributed by atoms with van der Waals surface area (Å²) in [5, 5.41) is 9.48. The van der Waals surface area contributed by atoms with Crippen molar-refractivity contribution in [3.8, 4) is 0 Å². The van der Waals surface area contributed by atoms with Crippen molar-refractivity contribution in [2.24, 2.45) is 0 Å². The van der Waals surface area contributed by atoms with E-state index in [1.165, 1.54) is 6.07 Å². The maximum Gasteiger partial charge on any atom is 0.291 e. The van der Waals surface area contributed by atoms with Gasteiger partial charge in [0, 0.05) is 12.5 Å². The Hall–Kier alpha value is -2.84. The van der Waals surface area contributed by atoms with E-state index in [0.29, 0.717) is 5.56 Å². The Kier molecular flexibility index (Phi) is 5.29. The van der Waals surface area contributed by atoms with Gasteiger partial charge in [0.2, 0.25) is 11.7 Å². The van der Waals surface area contributed by atoms with Gasteiger partial charge in [0.1, 0.15) is 23.5 Å². The fourth-order valence-corrected chi connectivity index (χ4v) is 4.10. The zero-order chi connectivity index (χ0) is 20.5. The number of hydrogen-bond donors (Lipinski definition) is 2. The lowest BCUT2D eigenvalue weighted by Gasteiger charge is -2.22. The van der Waals surface area contributed by atoms with Gasteiger partial charge in [-0.2, -0.15) is 0 Å². The average Bonchev–Trinajstić information content (AvgIpc) is 3.06. The molecule has 7 nitrogen and oxygen atoms in total. The predicted molar refractivity (Wildman–Crippen MR) is 101 cm³/mol. The van der Waals surface area contributed by atoms with E-state index >= 15 is 0 Å². The second-order valence-corrected chi connectivity index (χ2v) is 7.61. The fourth-order valence-electron chi connectivity index (χ4n) is 4.10. The molecule has 0 radical (unpaired) electrons. The minimum Gasteiger partial charge on any atom is -0.337 e. The van der Waals surface area contributed by atoms with Crippen LogP contribution in [-0.4, -0.2) is 32.6 Å². The average molecular weight is 403 g/mol. The summed E-state index contributed by atoms with van der Waals surface area (Å²) in [6.45, 7) is 2.11. The van der Waals surface area contributed by atoms with Crippen molar-refractivity contribution in [3.63, 3.8) is 0 Å². The van der Waals surface area contributed by atoms with Crippen LogP contribution in [0, 0.1) is 11.6 Å². The highest BCUT2D eigenvalue weighted by atomic mass is 19.1. The minimum absolute atomic E-state index is 0.0360. The first-order valence-corrected chi connectivity index (χ1v) is 10.0. The highest BCUT2D eigenvalue weighted by Crippen LogP contribution is 2.28. The summed E-state index contributed by atoms with van der Waals surface area (Å²) >= 11 is 0. The lowest BCUT2D eigenvalue weighted by Crippen LogP contribution is -2.43. The van der Waals surface area contributed by atoms with Gasteiger partial charge in [-0.05, 0) is 43.7 Å². The van der Waals surface area contributed by atoms with Crippen LogP contribution in [0.15, 0.2) is 12.1 Å². The van der Waals surface area contributed by atoms with Gasteiger partial charge >= 0.3 is 0 Å². The number of aromatic nitrogens is 3. The molecule has 0 saturated heterocycles. The molecule has 0 unspecified atom stereocenters. The number of halogens is 2. The third-order valence-corrected chi connectivity index (χ3v) is 5.52. The molecule has 2 amide bonds. The zero-order valence-corrected chi connectivity index (χ0v) is 16.2. The Morgan fingerprint density at radius 1 is 1.31 bits per heavy atom. The molecule has 3 heterocycles. The molecule has 0 spiro atoms. The van der Waals surface area contributed by atoms with E-state index in [9.17, 15) is 18.4 Å². The summed E-state index contributed by atoms with van der Waals surface area (Å²) in [6.07, 6.45) is 5.25. The fraction of sp³-hybridized carbons (Fsp3) is 0.500. The predicted octanol–water partition coefficient (Wildman–Crippen LogP) is 2.92. The van der Waals surface area contributed by atoms with E-state index in [1.807, 2.05) is 4.68 Å². The van der Waals surface area contributed by atoms with Crippen molar-refractivity contribution in [3.05, 3.63) is 41.0 Å². The van der Waals surface area contributed by atoms with Crippen molar-refractivity contribution >= 4 is 17.5 Å². The van der Waals surface area contributed by atoms with Gasteiger partial charge in [0.05, 0.1) is 11.7 Å². The summed E-state index contributed by atoms with van der Waals surface area (Å²) in [5.41, 5.74) is 0.330. The van der Waals surface area contributed by atoms with Gasteiger partial charge in [-0.1, -0.05) is 13.3 Å². The van der Waals surface area contributed by atoms with Crippen molar-refractivity contribution < 1.29 is 18.4 Å². The molecule has 1 aromatic heterocycles. The number of anilines is 1. The van der Waals surface area contributed by atoms with Crippen molar-refractivity contribution in [2.75, 3.05) is 5.32 Å². The van der Waals surface area contributed by atoms with Crippen LogP contribution in [0.2, 0.25) is 0 Å². The van der Waals surface area contributed by atoms with Crippen LogP contribution in [0.5, 0.6) is 0 Å². The first-order valence-electron chi connectivity index (χ1n) is 10.0. The molecular formula is C20H23F2N5O2. The van der Waals surface area contributed by atoms with E-state index in [-0.39, 0.29) is 30.4 Å². The summed E-state index contributed by atoms with van der Waals surface area (Å²) in [5.74, 6) is -1.79. The number of nitrogens with one attached hydrogen (secondary N) is 2. The van der Waals surface area contributed by atoms with E-state index in [4.69, 9.17) is 0 Å². The van der Waals surface area contributed by atoms with E-state index in [0.717, 1.165) is 44.0 Å². The van der Waals surface area contributed by atoms with E-state index in [2.05, 4.69) is 27.6 Å². The van der Waals surface area contributed by atoms with Crippen LogP contribution in [-0.2, 0) is 17.6 Å². The molecule has 0 aliphatic carbocycles. The molecule has 9 heteroatoms. The van der Waals surface area contributed by atoms with Gasteiger partial charge < -0.3 is 10.6 Å². The van der Waals surface area contributed by atoms with Crippen LogP contribution in [0.4, 0.5) is 14.5 Å². The number of hydrogen-bond acceptors (Lipinski definition) is 4. The number of carbonyl (C=O) groups is 2. The molecule has 0 bridgehead atoms. The van der Waals surface area contributed by atoms with Crippen molar-refractivity contribution in [1.82, 2.24) is 20.1 Å². The van der Waals surface area contributed by atoms with Crippen LogP contribution >= 0.6 is 0 Å². The molecule has 4 rings (SSSR count). The molecule has 0 saturated carbocycles. The quantitative estimate of drug-likeness (QED) is 0.822. The Bertz CT molecular complexity index is 959. The van der Waals surface area contributed by atoms with Crippen LogP contribution in [0.1, 0.15) is 67.1 Å². The Labute approximate surface area is 166 Å². The van der Waals surface area contributed by atoms with E-state index in [1.54, 1.807) is 0 Å². The van der Waals surface area contributed by atoms with Gasteiger partial charge in [0.25, 0.3) is 5.91 Å². The van der Waals surface area contributed by atoms with Gasteiger partial charge in [0.15, 0.2) is 0 Å². The largest absolute Gasteiger partial charge is 0.337 e. The van der Waals surface area contributed by atoms with Gasteiger partial charge in [-0.15, -0.1) is 5.10 Å². The van der Waals surface area contributed by atoms with Gasteiger partial charge in [-0.25, -0.2) is 18.4 Å². The lowest BCUT2D eigenvalue weighted by atomic mass is 10.0. The van der Waals surface area contributed by atoms with Crippen LogP contribution in [0.25, 0.3) is 0 Å². The number of rotatable bonds is 4. The highest BCUT2D eigenvalue weighted by Gasteiger charge is 2.30. The summed E-state index contributed by atoms with van der Waals surface area (Å²) in [4.78, 5) is 29.5. The molecule has 2 N–H and O–H groups in total. The Morgan fingerprint density at radius 2 is 2.14 bits per heavy atom. The monoisotopic (exact) mass is 403 g/mol. The number of carbonyl (C=O) groups excluding carboxylic acids is 2. The summed E-state index contributed by atoms with van der Waals surface area (Å²) < 4.78 is 29.3. The third kappa shape index (κ3) is 3.86. The molecule has 1 aromatic carbocycles. The van der Waals surface area contributed by atoms with E-state index < -0.39 is 29.5 Å². The zero-order valence-electron chi connectivity index (χ0n) is 16.2. The smallest absolute Gasteiger partial charge is 0.291 e. The second kappa shape index (κ2) is 7.88. The van der Waals surface area contributed by atoms with Gasteiger partial charge in [-0.3, -0.25) is 9.59 Å². The number of amides is 2. The third-order valence-electron chi connectivity index (χ3n) is 5.52. The number of benzene rings is 1. The molecule has 2 aromatic rings. The summed E-state index contributed by atoms with van der Waals surface area (Å²) in [6, 6.07) is 1.28. The summed E-state index contributed by atoms with van der Waals surface area (Å²) in [7, 11) is 0. The first-order chi connectivity index (χ1) is 14.0. The van der Waals surface area contributed by atoms with Crippen LogP contribution < -0.4 is 10.6 Å². The number of fused-ring (bicyclic) bond motifs is 2. The highest BCUT2D eigenvalue weighted by molar-refractivity contribution is 6.00. The lowest BCUT2D eigenvalue weighted by molar-refractivity contribution is -0.118. The standard InChI is InChI=1S/C20H23F2N5O2/c1-2-4-13-5-3-6-16-24-18(26-27(13)16)20(29)23-15-8-7-11-9-12(21)10-14(22)17(11)25-19(15)28/h9-10,13,15H,2-8H2,1H3,(H,23,29)(H,25,28)/t13-,15+/m1/s1. The Balaban J connectivity index is 1.49. The molecule has 29 heavy (non-hydrogen) atoms. The number of aryl methyl sites for hydroxylation is 2. The topological polar surface area (TPSA) is 88.9 Å². The Morgan fingerprint density at radius 3 is 2.93 bits per heavy atom. The van der Waals surface area contributed by atoms with Crippen molar-refractivity contribution in [1.29, 1.82) is 0 Å². The van der Waals surface area contributed by atoms with Crippen LogP contribution in [0.3, 0.4) is 0 Å². The normalized spacial score (nSPS) is 21.0. The molecule has 2 atom stereocenters. The maximum atomic E-state index is 14.0.